The molecule has 0 bridgehead atoms. The Morgan fingerprint density at radius 1 is 0.875 bits per heavy atom. The van der Waals surface area contributed by atoms with Gasteiger partial charge in [-0.15, -0.1) is 0 Å². The molecule has 3 heterocycles. The van der Waals surface area contributed by atoms with E-state index in [1.165, 1.54) is 0 Å². The summed E-state index contributed by atoms with van der Waals surface area (Å²) in [6.45, 7) is 6.41. The van der Waals surface area contributed by atoms with Gasteiger partial charge in [-0.3, -0.25) is 0 Å². The van der Waals surface area contributed by atoms with Crippen molar-refractivity contribution in [3.8, 4) is 0 Å². The zero-order valence-corrected chi connectivity index (χ0v) is 18.4. The number of benzene rings is 2. The molecule has 6 heteroatoms. The van der Waals surface area contributed by atoms with Gasteiger partial charge in [0.05, 0.1) is 5.69 Å². The molecule has 2 aliphatic rings. The third-order valence-electron chi connectivity index (χ3n) is 7.25. The van der Waals surface area contributed by atoms with E-state index in [0.717, 1.165) is 53.5 Å². The highest BCUT2D eigenvalue weighted by atomic mass is 19.4. The molecule has 5 rings (SSSR count). The molecule has 1 atom stereocenters. The molecule has 0 saturated carbocycles. The largest absolute Gasteiger partial charge is 0.433 e. The first-order valence-electron chi connectivity index (χ1n) is 11.1. The lowest BCUT2D eigenvalue weighted by Gasteiger charge is -2.50. The third kappa shape index (κ3) is 2.92. The maximum Gasteiger partial charge on any atom is 0.433 e. The van der Waals surface area contributed by atoms with Gasteiger partial charge in [-0.05, 0) is 61.6 Å². The van der Waals surface area contributed by atoms with Gasteiger partial charge in [0.25, 0.3) is 0 Å². The predicted molar refractivity (Wildman–Crippen MR) is 122 cm³/mol. The second kappa shape index (κ2) is 7.26. The highest BCUT2D eigenvalue weighted by Crippen LogP contribution is 2.58. The summed E-state index contributed by atoms with van der Waals surface area (Å²) < 4.78 is 41.0. The lowest BCUT2D eigenvalue weighted by atomic mass is 9.70. The number of aromatic nitrogens is 1. The number of anilines is 4. The van der Waals surface area contributed by atoms with E-state index in [-0.39, 0.29) is 11.6 Å². The SMILES string of the molecule is CCC1(CC)Cc2ccccc2N2c3nc(C(F)(F)F)ccc3N(c3ccccc3C)C21. The molecule has 166 valence electrons. The molecule has 0 N–H and O–H groups in total. The number of fused-ring (bicyclic) bond motifs is 5. The highest BCUT2D eigenvalue weighted by molar-refractivity contribution is 5.88. The summed E-state index contributed by atoms with van der Waals surface area (Å²) in [6, 6.07) is 18.8. The van der Waals surface area contributed by atoms with Crippen LogP contribution in [0, 0.1) is 12.3 Å². The van der Waals surface area contributed by atoms with Gasteiger partial charge in [0.1, 0.15) is 11.9 Å². The minimum absolute atomic E-state index is 0.143. The van der Waals surface area contributed by atoms with E-state index in [2.05, 4.69) is 40.8 Å². The molecule has 0 fully saturated rings. The van der Waals surface area contributed by atoms with Crippen molar-refractivity contribution in [2.24, 2.45) is 5.41 Å². The van der Waals surface area contributed by atoms with Crippen LogP contribution in [0.2, 0.25) is 0 Å². The van der Waals surface area contributed by atoms with Crippen LogP contribution in [-0.2, 0) is 12.6 Å². The van der Waals surface area contributed by atoms with Crippen LogP contribution < -0.4 is 9.80 Å². The molecule has 1 aromatic heterocycles. The topological polar surface area (TPSA) is 19.4 Å². The van der Waals surface area contributed by atoms with Crippen molar-refractivity contribution in [1.82, 2.24) is 4.98 Å². The Morgan fingerprint density at radius 3 is 2.19 bits per heavy atom. The summed E-state index contributed by atoms with van der Waals surface area (Å²) >= 11 is 0. The fraction of sp³-hybridized carbons (Fsp3) is 0.346. The van der Waals surface area contributed by atoms with Crippen molar-refractivity contribution < 1.29 is 13.2 Å². The van der Waals surface area contributed by atoms with E-state index in [1.54, 1.807) is 6.07 Å². The fourth-order valence-corrected chi connectivity index (χ4v) is 5.45. The first-order valence-corrected chi connectivity index (χ1v) is 11.1. The van der Waals surface area contributed by atoms with Crippen molar-refractivity contribution in [2.75, 3.05) is 9.80 Å². The molecule has 0 radical (unpaired) electrons. The van der Waals surface area contributed by atoms with Crippen LogP contribution in [0.25, 0.3) is 0 Å². The van der Waals surface area contributed by atoms with Crippen LogP contribution in [0.15, 0.2) is 60.7 Å². The lowest BCUT2D eigenvalue weighted by Crippen LogP contribution is -2.55. The first-order chi connectivity index (χ1) is 15.3. The average Bonchev–Trinajstić information content (AvgIpc) is 3.13. The normalized spacial score (nSPS) is 18.9. The number of nitrogens with zero attached hydrogens (tertiary/aromatic N) is 3. The molecule has 2 aliphatic heterocycles. The monoisotopic (exact) mass is 437 g/mol. The highest BCUT2D eigenvalue weighted by Gasteiger charge is 2.54. The number of halogens is 3. The summed E-state index contributed by atoms with van der Waals surface area (Å²) in [5, 5.41) is 0. The summed E-state index contributed by atoms with van der Waals surface area (Å²) in [6.07, 6.45) is -1.97. The van der Waals surface area contributed by atoms with Crippen LogP contribution in [0.4, 0.5) is 36.1 Å². The fourth-order valence-electron chi connectivity index (χ4n) is 5.45. The van der Waals surface area contributed by atoms with Crippen LogP contribution in [0.5, 0.6) is 0 Å². The smallest absolute Gasteiger partial charge is 0.316 e. The van der Waals surface area contributed by atoms with Gasteiger partial charge in [-0.1, -0.05) is 50.2 Å². The molecule has 1 unspecified atom stereocenters. The van der Waals surface area contributed by atoms with E-state index >= 15 is 0 Å². The van der Waals surface area contributed by atoms with E-state index in [1.807, 2.05) is 43.3 Å². The number of aryl methyl sites for hydroxylation is 1. The second-order valence-electron chi connectivity index (χ2n) is 8.81. The van der Waals surface area contributed by atoms with Crippen LogP contribution >= 0.6 is 0 Å². The molecule has 0 aliphatic carbocycles. The maximum absolute atomic E-state index is 13.7. The Morgan fingerprint density at radius 2 is 1.53 bits per heavy atom. The number of para-hydroxylation sites is 2. The molecule has 0 amide bonds. The van der Waals surface area contributed by atoms with Crippen LogP contribution in [0.3, 0.4) is 0 Å². The number of alkyl halides is 3. The van der Waals surface area contributed by atoms with Crippen molar-refractivity contribution in [3.05, 3.63) is 77.5 Å². The summed E-state index contributed by atoms with van der Waals surface area (Å²) in [4.78, 5) is 8.49. The number of rotatable bonds is 3. The quantitative estimate of drug-likeness (QED) is 0.426. The molecule has 0 spiro atoms. The second-order valence-corrected chi connectivity index (χ2v) is 8.81. The Hall–Kier alpha value is -3.02. The van der Waals surface area contributed by atoms with Crippen LogP contribution in [0.1, 0.15) is 43.5 Å². The number of hydrogen-bond donors (Lipinski definition) is 0. The minimum atomic E-state index is -4.50. The molecule has 32 heavy (non-hydrogen) atoms. The minimum Gasteiger partial charge on any atom is -0.316 e. The Kier molecular flexibility index (Phi) is 4.73. The third-order valence-corrected chi connectivity index (χ3v) is 7.25. The van der Waals surface area contributed by atoms with E-state index < -0.39 is 11.9 Å². The van der Waals surface area contributed by atoms with Gasteiger partial charge < -0.3 is 9.80 Å². The molecule has 3 nitrogen and oxygen atoms in total. The Labute approximate surface area is 186 Å². The van der Waals surface area contributed by atoms with Crippen molar-refractivity contribution in [2.45, 2.75) is 52.4 Å². The van der Waals surface area contributed by atoms with Gasteiger partial charge in [0.2, 0.25) is 0 Å². The van der Waals surface area contributed by atoms with Gasteiger partial charge in [0.15, 0.2) is 5.82 Å². The number of pyridine rings is 1. The van der Waals surface area contributed by atoms with E-state index in [4.69, 9.17) is 0 Å². The Balaban J connectivity index is 1.84. The van der Waals surface area contributed by atoms with Gasteiger partial charge in [-0.25, -0.2) is 4.98 Å². The maximum atomic E-state index is 13.7. The van der Waals surface area contributed by atoms with Gasteiger partial charge in [0, 0.05) is 16.8 Å². The molecule has 0 saturated heterocycles. The van der Waals surface area contributed by atoms with E-state index in [9.17, 15) is 13.2 Å². The van der Waals surface area contributed by atoms with Crippen molar-refractivity contribution in [3.63, 3.8) is 0 Å². The Bertz CT molecular complexity index is 1170. The summed E-state index contributed by atoms with van der Waals surface area (Å²) in [7, 11) is 0. The standard InChI is InChI=1S/C26H26F3N3/c1-4-25(5-2)16-18-11-7-9-13-20(18)32-23-21(14-15-22(30-23)26(27,28)29)31(24(25)32)19-12-8-6-10-17(19)3/h6-15,24H,4-5,16H2,1-3H3. The predicted octanol–water partition coefficient (Wildman–Crippen LogP) is 7.39. The number of hydrogen-bond acceptors (Lipinski definition) is 3. The molecule has 3 aromatic rings. The van der Waals surface area contributed by atoms with Crippen molar-refractivity contribution >= 4 is 22.9 Å². The van der Waals surface area contributed by atoms with Crippen LogP contribution in [-0.4, -0.2) is 11.1 Å². The van der Waals surface area contributed by atoms with E-state index in [0.29, 0.717) is 5.82 Å². The molecular weight excluding hydrogens is 411 g/mol. The molecular formula is C26H26F3N3. The summed E-state index contributed by atoms with van der Waals surface area (Å²) in [5.74, 6) is 0.381. The zero-order chi connectivity index (χ0) is 22.7. The first kappa shape index (κ1) is 20.9. The van der Waals surface area contributed by atoms with Crippen molar-refractivity contribution in [1.29, 1.82) is 0 Å². The summed E-state index contributed by atoms with van der Waals surface area (Å²) in [5.41, 5.74) is 3.91. The zero-order valence-electron chi connectivity index (χ0n) is 18.4. The molecule has 2 aromatic carbocycles. The van der Waals surface area contributed by atoms with Gasteiger partial charge in [-0.2, -0.15) is 13.2 Å². The average molecular weight is 438 g/mol. The van der Waals surface area contributed by atoms with Gasteiger partial charge >= 0.3 is 6.18 Å². The lowest BCUT2D eigenvalue weighted by molar-refractivity contribution is -0.141.